The molecule has 2 bridgehead atoms. The van der Waals surface area contributed by atoms with E-state index in [0.717, 1.165) is 64.7 Å². The van der Waals surface area contributed by atoms with Crippen LogP contribution in [0.2, 0.25) is 0 Å². The molecule has 10 heteroatoms. The Balaban J connectivity index is 1.29. The molecule has 0 aliphatic carbocycles. The first-order valence-corrected chi connectivity index (χ1v) is 15.3. The van der Waals surface area contributed by atoms with Gasteiger partial charge in [0.25, 0.3) is 0 Å². The molecule has 222 valence electrons. The summed E-state index contributed by atoms with van der Waals surface area (Å²) in [7, 11) is 0. The van der Waals surface area contributed by atoms with Crippen molar-refractivity contribution in [3.63, 3.8) is 0 Å². The number of ether oxygens (including phenoxy) is 1. The van der Waals surface area contributed by atoms with Crippen molar-refractivity contribution in [3.05, 3.63) is 53.2 Å². The van der Waals surface area contributed by atoms with Crippen LogP contribution in [0.3, 0.4) is 0 Å². The summed E-state index contributed by atoms with van der Waals surface area (Å²) in [5.74, 6) is 1.71. The Morgan fingerprint density at radius 2 is 1.86 bits per heavy atom. The minimum absolute atomic E-state index is 0.0103. The van der Waals surface area contributed by atoms with Crippen LogP contribution in [0.4, 0.5) is 14.6 Å². The van der Waals surface area contributed by atoms with Crippen molar-refractivity contribution >= 4 is 27.5 Å². The molecule has 0 unspecified atom stereocenters. The van der Waals surface area contributed by atoms with Gasteiger partial charge in [-0.15, -0.1) is 6.42 Å². The second-order valence-corrected chi connectivity index (χ2v) is 12.6. The van der Waals surface area contributed by atoms with E-state index in [0.29, 0.717) is 40.7 Å². The molecule has 4 aliphatic heterocycles. The smallest absolute Gasteiger partial charge is 0.319 e. The molecule has 2 atom stereocenters. The van der Waals surface area contributed by atoms with Crippen LogP contribution in [-0.4, -0.2) is 70.3 Å². The molecule has 1 N–H and O–H groups in total. The molecule has 0 saturated carbocycles. The minimum Gasteiger partial charge on any atom is -0.461 e. The standard InChI is InChI=1S/C34H31F2N7O/c1-2-24-27(35)8-5-21-13-20(15-37)14-25(28(21)24)30-29(36)31-26(16-38-30)32(42-17-22-6-7-23(18-42)39-22)41-33(40-31)44-19-34-9-3-11-43(34)12-4-10-34/h1,5,8,13-14,16,22-23,39H,3-4,6-7,9-12,17-19H2/t22-,23+. The van der Waals surface area contributed by atoms with E-state index in [9.17, 15) is 9.65 Å². The van der Waals surface area contributed by atoms with Gasteiger partial charge in [-0.25, -0.2) is 8.78 Å². The molecule has 4 aliphatic rings. The third-order valence-corrected chi connectivity index (χ3v) is 10.0. The monoisotopic (exact) mass is 591 g/mol. The normalized spacial score (nSPS) is 22.3. The number of fused-ring (bicyclic) bond motifs is 5. The lowest BCUT2D eigenvalue weighted by Gasteiger charge is -2.34. The zero-order chi connectivity index (χ0) is 30.0. The van der Waals surface area contributed by atoms with Gasteiger partial charge in [0.1, 0.15) is 29.5 Å². The number of aromatic nitrogens is 3. The zero-order valence-electron chi connectivity index (χ0n) is 24.2. The Morgan fingerprint density at radius 1 is 1.09 bits per heavy atom. The predicted octanol–water partition coefficient (Wildman–Crippen LogP) is 4.92. The SMILES string of the molecule is C#Cc1c(F)ccc2cc(C#N)cc(-c3ncc4c(N5C[C@H]6CC[C@@H](C5)N6)nc(OCC56CCCN5CCC6)nc4c3F)c12. The number of benzene rings is 2. The Labute approximate surface area is 254 Å². The first kappa shape index (κ1) is 27.2. The van der Waals surface area contributed by atoms with E-state index < -0.39 is 11.6 Å². The highest BCUT2D eigenvalue weighted by Crippen LogP contribution is 2.41. The summed E-state index contributed by atoms with van der Waals surface area (Å²) in [5.41, 5.74) is 0.491. The number of rotatable bonds is 5. The van der Waals surface area contributed by atoms with Crippen LogP contribution in [0, 0.1) is 35.3 Å². The molecule has 2 aromatic heterocycles. The highest BCUT2D eigenvalue weighted by molar-refractivity contribution is 6.03. The summed E-state index contributed by atoms with van der Waals surface area (Å²) < 4.78 is 38.0. The van der Waals surface area contributed by atoms with Crippen molar-refractivity contribution < 1.29 is 13.5 Å². The minimum atomic E-state index is -0.695. The number of hydrogen-bond acceptors (Lipinski definition) is 8. The van der Waals surface area contributed by atoms with Gasteiger partial charge in [0.2, 0.25) is 0 Å². The van der Waals surface area contributed by atoms with Crippen molar-refractivity contribution in [2.24, 2.45) is 0 Å². The summed E-state index contributed by atoms with van der Waals surface area (Å²) in [6.07, 6.45) is 13.8. The lowest BCUT2D eigenvalue weighted by atomic mass is 9.94. The van der Waals surface area contributed by atoms with Crippen molar-refractivity contribution in [2.75, 3.05) is 37.7 Å². The summed E-state index contributed by atoms with van der Waals surface area (Å²) in [6.45, 7) is 4.06. The van der Waals surface area contributed by atoms with Crippen LogP contribution in [-0.2, 0) is 0 Å². The number of piperazine rings is 1. The van der Waals surface area contributed by atoms with Crippen molar-refractivity contribution in [1.82, 2.24) is 25.2 Å². The summed E-state index contributed by atoms with van der Waals surface area (Å²) in [4.78, 5) is 18.7. The summed E-state index contributed by atoms with van der Waals surface area (Å²) in [5, 5.41) is 14.7. The van der Waals surface area contributed by atoms with Crippen LogP contribution in [0.15, 0.2) is 30.5 Å². The van der Waals surface area contributed by atoms with Gasteiger partial charge in [-0.05, 0) is 75.2 Å². The van der Waals surface area contributed by atoms with Crippen LogP contribution in [0.25, 0.3) is 32.9 Å². The number of nitrogens with one attached hydrogen (secondary N) is 1. The largest absolute Gasteiger partial charge is 0.461 e. The molecule has 6 heterocycles. The molecule has 4 aromatic rings. The second-order valence-electron chi connectivity index (χ2n) is 12.6. The Kier molecular flexibility index (Phi) is 6.40. The average Bonchev–Trinajstić information content (AvgIpc) is 3.73. The van der Waals surface area contributed by atoms with Crippen LogP contribution >= 0.6 is 0 Å². The van der Waals surface area contributed by atoms with E-state index in [2.05, 4.69) is 37.1 Å². The third kappa shape index (κ3) is 4.28. The molecule has 8 nitrogen and oxygen atoms in total. The number of nitrogens with zero attached hydrogens (tertiary/aromatic N) is 6. The van der Waals surface area contributed by atoms with Crippen LogP contribution in [0.1, 0.15) is 49.7 Å². The van der Waals surface area contributed by atoms with Crippen LogP contribution in [0.5, 0.6) is 6.01 Å². The topological polar surface area (TPSA) is 90.2 Å². The van der Waals surface area contributed by atoms with Crippen LogP contribution < -0.4 is 15.0 Å². The Bertz CT molecular complexity index is 1890. The molecule has 0 amide bonds. The van der Waals surface area contributed by atoms with Gasteiger partial charge in [-0.3, -0.25) is 9.88 Å². The summed E-state index contributed by atoms with van der Waals surface area (Å²) >= 11 is 0. The zero-order valence-corrected chi connectivity index (χ0v) is 24.2. The molecular weight excluding hydrogens is 560 g/mol. The van der Waals surface area contributed by atoms with Gasteiger partial charge in [0.05, 0.1) is 28.1 Å². The molecule has 0 spiro atoms. The fourth-order valence-electron chi connectivity index (χ4n) is 7.98. The second kappa shape index (κ2) is 10.4. The van der Waals surface area contributed by atoms with E-state index in [4.69, 9.17) is 16.1 Å². The van der Waals surface area contributed by atoms with Crippen molar-refractivity contribution in [2.45, 2.75) is 56.1 Å². The van der Waals surface area contributed by atoms with Crippen molar-refractivity contribution in [1.29, 1.82) is 5.26 Å². The number of pyridine rings is 1. The lowest BCUT2D eigenvalue weighted by Crippen LogP contribution is -2.51. The molecule has 4 saturated heterocycles. The quantitative estimate of drug-likeness (QED) is 0.327. The van der Waals surface area contributed by atoms with E-state index in [1.54, 1.807) is 12.3 Å². The molecule has 8 rings (SSSR count). The molecule has 0 radical (unpaired) electrons. The fourth-order valence-corrected chi connectivity index (χ4v) is 7.98. The van der Waals surface area contributed by atoms with E-state index in [1.165, 1.54) is 18.2 Å². The molecule has 4 fully saturated rings. The third-order valence-electron chi connectivity index (χ3n) is 10.0. The van der Waals surface area contributed by atoms with Gasteiger partial charge in [0, 0.05) is 42.3 Å². The molecule has 44 heavy (non-hydrogen) atoms. The highest BCUT2D eigenvalue weighted by Gasteiger charge is 2.45. The van der Waals surface area contributed by atoms with E-state index >= 15 is 4.39 Å². The first-order valence-electron chi connectivity index (χ1n) is 15.3. The average molecular weight is 592 g/mol. The number of hydrogen-bond donors (Lipinski definition) is 1. The molecular formula is C34H31F2N7O. The predicted molar refractivity (Wildman–Crippen MR) is 163 cm³/mol. The maximum Gasteiger partial charge on any atom is 0.319 e. The molecule has 2 aromatic carbocycles. The lowest BCUT2D eigenvalue weighted by molar-refractivity contribution is 0.108. The fraction of sp³-hybridized carbons (Fsp3) is 0.412. The number of anilines is 1. The Hall–Kier alpha value is -4.38. The van der Waals surface area contributed by atoms with Gasteiger partial charge in [0.15, 0.2) is 5.82 Å². The van der Waals surface area contributed by atoms with Gasteiger partial charge in [-0.2, -0.15) is 15.2 Å². The van der Waals surface area contributed by atoms with E-state index in [1.807, 2.05) is 0 Å². The van der Waals surface area contributed by atoms with E-state index in [-0.39, 0.29) is 39.5 Å². The van der Waals surface area contributed by atoms with Crippen molar-refractivity contribution in [3.8, 4) is 35.7 Å². The number of nitriles is 1. The van der Waals surface area contributed by atoms with Gasteiger partial charge in [-0.1, -0.05) is 12.0 Å². The summed E-state index contributed by atoms with van der Waals surface area (Å²) in [6, 6.07) is 8.82. The Morgan fingerprint density at radius 3 is 2.59 bits per heavy atom. The number of terminal acetylenes is 1. The first-order chi connectivity index (χ1) is 21.5. The van der Waals surface area contributed by atoms with Gasteiger partial charge >= 0.3 is 6.01 Å². The maximum atomic E-state index is 16.8. The maximum absolute atomic E-state index is 16.8. The number of halogens is 2. The van der Waals surface area contributed by atoms with Gasteiger partial charge < -0.3 is 15.0 Å². The highest BCUT2D eigenvalue weighted by atomic mass is 19.1.